The average Bonchev–Trinajstić information content (AvgIpc) is 2.62. The summed E-state index contributed by atoms with van der Waals surface area (Å²) in [5.41, 5.74) is 0. The molecule has 0 bridgehead atoms. The molecule has 0 spiro atoms. The highest BCUT2D eigenvalue weighted by molar-refractivity contribution is 6.74. The van der Waals surface area contributed by atoms with Gasteiger partial charge in [-0.25, -0.2) is 0 Å². The summed E-state index contributed by atoms with van der Waals surface area (Å²) in [4.78, 5) is 0. The molecule has 0 saturated carbocycles. The van der Waals surface area contributed by atoms with Crippen LogP contribution in [0.1, 0.15) is 130 Å². The maximum Gasteiger partial charge on any atom is 0.191 e. The van der Waals surface area contributed by atoms with E-state index in [0.29, 0.717) is 5.04 Å². The quantitative estimate of drug-likeness (QED) is 0.117. The van der Waals surface area contributed by atoms with Gasteiger partial charge in [0.1, 0.15) is 0 Å². The van der Waals surface area contributed by atoms with E-state index in [0.717, 1.165) is 6.61 Å². The number of rotatable bonds is 19. The SMILES string of the molecule is CCCCCCCC/C=C\CCCCCCCCCCO[Si](C)(C)C(C)(C)C. The molecule has 0 N–H and O–H groups in total. The zero-order valence-electron chi connectivity index (χ0n) is 20.6. The molecule has 0 radical (unpaired) electrons. The van der Waals surface area contributed by atoms with Crippen molar-refractivity contribution in [1.82, 2.24) is 0 Å². The first-order chi connectivity index (χ1) is 13.3. The molecule has 0 atom stereocenters. The second-order valence-corrected chi connectivity index (χ2v) is 15.1. The fraction of sp³-hybridized carbons (Fsp3) is 0.923. The summed E-state index contributed by atoms with van der Waals surface area (Å²) in [6.07, 6.45) is 26.9. The van der Waals surface area contributed by atoms with Crippen LogP contribution in [-0.2, 0) is 4.43 Å². The van der Waals surface area contributed by atoms with Gasteiger partial charge in [-0.05, 0) is 50.2 Å². The van der Waals surface area contributed by atoms with Crippen LogP contribution in [0.2, 0.25) is 18.1 Å². The lowest BCUT2D eigenvalue weighted by molar-refractivity contribution is 0.277. The normalized spacial score (nSPS) is 12.9. The van der Waals surface area contributed by atoms with Crippen molar-refractivity contribution in [2.75, 3.05) is 6.61 Å². The molecule has 0 saturated heterocycles. The van der Waals surface area contributed by atoms with Crippen molar-refractivity contribution >= 4 is 8.32 Å². The molecular formula is C26H54OSi. The zero-order chi connectivity index (χ0) is 21.1. The van der Waals surface area contributed by atoms with Gasteiger partial charge in [0.25, 0.3) is 0 Å². The lowest BCUT2D eigenvalue weighted by Crippen LogP contribution is -2.40. The summed E-state index contributed by atoms with van der Waals surface area (Å²) in [7, 11) is -1.52. The van der Waals surface area contributed by atoms with E-state index in [-0.39, 0.29) is 0 Å². The minimum absolute atomic E-state index is 0.344. The van der Waals surface area contributed by atoms with E-state index in [1.807, 2.05) is 0 Å². The number of unbranched alkanes of at least 4 members (excludes halogenated alkanes) is 14. The Kier molecular flexibility index (Phi) is 17.7. The molecule has 0 aliphatic rings. The van der Waals surface area contributed by atoms with Crippen molar-refractivity contribution < 1.29 is 4.43 Å². The van der Waals surface area contributed by atoms with Gasteiger partial charge in [-0.1, -0.05) is 110 Å². The average molecular weight is 411 g/mol. The molecule has 0 aliphatic heterocycles. The minimum atomic E-state index is -1.52. The van der Waals surface area contributed by atoms with Gasteiger partial charge in [0, 0.05) is 6.61 Å². The van der Waals surface area contributed by atoms with Gasteiger partial charge in [0.15, 0.2) is 8.32 Å². The molecule has 1 nitrogen and oxygen atoms in total. The summed E-state index contributed by atoms with van der Waals surface area (Å²) in [5, 5.41) is 0.344. The fourth-order valence-electron chi connectivity index (χ4n) is 3.25. The summed E-state index contributed by atoms with van der Waals surface area (Å²) in [6, 6.07) is 0. The van der Waals surface area contributed by atoms with Crippen LogP contribution in [0.15, 0.2) is 12.2 Å². The van der Waals surface area contributed by atoms with Gasteiger partial charge in [-0.15, -0.1) is 0 Å². The predicted octanol–water partition coefficient (Wildman–Crippen LogP) is 9.83. The molecule has 0 heterocycles. The molecule has 0 fully saturated rings. The van der Waals surface area contributed by atoms with E-state index in [2.05, 4.69) is 52.9 Å². The Morgan fingerprint density at radius 3 is 1.43 bits per heavy atom. The summed E-state index contributed by atoms with van der Waals surface area (Å²) >= 11 is 0. The topological polar surface area (TPSA) is 9.23 Å². The summed E-state index contributed by atoms with van der Waals surface area (Å²) in [5.74, 6) is 0. The van der Waals surface area contributed by atoms with E-state index in [1.54, 1.807) is 0 Å². The van der Waals surface area contributed by atoms with Crippen molar-refractivity contribution in [1.29, 1.82) is 0 Å². The predicted molar refractivity (Wildman–Crippen MR) is 132 cm³/mol. The van der Waals surface area contributed by atoms with Crippen molar-refractivity contribution in [3.05, 3.63) is 12.2 Å². The second-order valence-electron chi connectivity index (χ2n) is 10.3. The summed E-state index contributed by atoms with van der Waals surface area (Å²) in [6.45, 7) is 14.9. The van der Waals surface area contributed by atoms with Crippen LogP contribution < -0.4 is 0 Å². The number of allylic oxidation sites excluding steroid dienone is 2. The van der Waals surface area contributed by atoms with Crippen LogP contribution in [0, 0.1) is 0 Å². The van der Waals surface area contributed by atoms with Gasteiger partial charge < -0.3 is 4.43 Å². The third kappa shape index (κ3) is 16.8. The highest BCUT2D eigenvalue weighted by Gasteiger charge is 2.36. The molecule has 28 heavy (non-hydrogen) atoms. The molecule has 168 valence electrons. The van der Waals surface area contributed by atoms with Crippen LogP contribution in [0.4, 0.5) is 0 Å². The molecule has 0 aromatic heterocycles. The van der Waals surface area contributed by atoms with Gasteiger partial charge in [-0.3, -0.25) is 0 Å². The van der Waals surface area contributed by atoms with Gasteiger partial charge in [0.05, 0.1) is 0 Å². The first-order valence-electron chi connectivity index (χ1n) is 12.6. The van der Waals surface area contributed by atoms with Crippen molar-refractivity contribution in [3.8, 4) is 0 Å². The lowest BCUT2D eigenvalue weighted by atomic mass is 10.1. The minimum Gasteiger partial charge on any atom is -0.417 e. The van der Waals surface area contributed by atoms with Crippen molar-refractivity contribution in [2.24, 2.45) is 0 Å². The van der Waals surface area contributed by atoms with Crippen LogP contribution in [0.25, 0.3) is 0 Å². The fourth-order valence-corrected chi connectivity index (χ4v) is 4.33. The van der Waals surface area contributed by atoms with Gasteiger partial charge in [0.2, 0.25) is 0 Å². The van der Waals surface area contributed by atoms with E-state index in [1.165, 1.54) is 103 Å². The molecule has 2 heteroatoms. The monoisotopic (exact) mass is 410 g/mol. The second kappa shape index (κ2) is 17.7. The molecule has 0 aliphatic carbocycles. The van der Waals surface area contributed by atoms with Gasteiger partial charge in [-0.2, -0.15) is 0 Å². The maximum atomic E-state index is 6.26. The molecule has 0 aromatic carbocycles. The molecule has 0 rings (SSSR count). The Bertz CT molecular complexity index is 354. The third-order valence-electron chi connectivity index (χ3n) is 6.43. The molecule has 0 aromatic rings. The van der Waals surface area contributed by atoms with Crippen LogP contribution >= 0.6 is 0 Å². The van der Waals surface area contributed by atoms with E-state index in [9.17, 15) is 0 Å². The molecular weight excluding hydrogens is 356 g/mol. The lowest BCUT2D eigenvalue weighted by Gasteiger charge is -2.36. The number of hydrogen-bond acceptors (Lipinski definition) is 1. The van der Waals surface area contributed by atoms with Crippen LogP contribution in [0.5, 0.6) is 0 Å². The Morgan fingerprint density at radius 1 is 0.607 bits per heavy atom. The van der Waals surface area contributed by atoms with E-state index < -0.39 is 8.32 Å². The first kappa shape index (κ1) is 27.9. The number of hydrogen-bond donors (Lipinski definition) is 0. The Labute approximate surface area is 180 Å². The highest BCUT2D eigenvalue weighted by Crippen LogP contribution is 2.36. The standard InChI is InChI=1S/C26H54OSi/c1-7-8-9-10-11-12-13-14-15-16-17-18-19-20-21-22-23-24-25-27-28(5,6)26(2,3)4/h14-15H,7-13,16-25H2,1-6H3/b15-14-. The van der Waals surface area contributed by atoms with Crippen molar-refractivity contribution in [3.63, 3.8) is 0 Å². The van der Waals surface area contributed by atoms with E-state index >= 15 is 0 Å². The van der Waals surface area contributed by atoms with Crippen LogP contribution in [0.3, 0.4) is 0 Å². The first-order valence-corrected chi connectivity index (χ1v) is 15.5. The molecule has 0 amide bonds. The third-order valence-corrected chi connectivity index (χ3v) is 11.0. The summed E-state index contributed by atoms with van der Waals surface area (Å²) < 4.78 is 6.26. The largest absolute Gasteiger partial charge is 0.417 e. The Hall–Kier alpha value is -0.0831. The van der Waals surface area contributed by atoms with Gasteiger partial charge >= 0.3 is 0 Å². The van der Waals surface area contributed by atoms with Crippen molar-refractivity contribution in [2.45, 2.75) is 149 Å². The Balaban J connectivity index is 3.27. The Morgan fingerprint density at radius 2 is 1.00 bits per heavy atom. The van der Waals surface area contributed by atoms with Crippen LogP contribution in [-0.4, -0.2) is 14.9 Å². The zero-order valence-corrected chi connectivity index (χ0v) is 21.6. The van der Waals surface area contributed by atoms with E-state index in [4.69, 9.17) is 4.43 Å². The molecule has 0 unspecified atom stereocenters. The highest BCUT2D eigenvalue weighted by atomic mass is 28.4. The smallest absolute Gasteiger partial charge is 0.191 e. The maximum absolute atomic E-state index is 6.26.